The maximum atomic E-state index is 12.0. The van der Waals surface area contributed by atoms with E-state index in [0.717, 1.165) is 5.76 Å². The Morgan fingerprint density at radius 1 is 1.47 bits per heavy atom. The number of carbonyl (C=O) groups excluding carboxylic acids is 1. The quantitative estimate of drug-likeness (QED) is 0.822. The van der Waals surface area contributed by atoms with E-state index in [1.807, 2.05) is 6.92 Å². The zero-order chi connectivity index (χ0) is 13.8. The predicted octanol–water partition coefficient (Wildman–Crippen LogP) is 0.913. The fraction of sp³-hybridized carbons (Fsp3) is 0.385. The van der Waals surface area contributed by atoms with Crippen LogP contribution in [0.5, 0.6) is 0 Å². The lowest BCUT2D eigenvalue weighted by molar-refractivity contribution is -0.156. The number of morpholine rings is 1. The molecule has 6 nitrogen and oxygen atoms in total. The zero-order valence-corrected chi connectivity index (χ0v) is 10.5. The van der Waals surface area contributed by atoms with Gasteiger partial charge >= 0.3 is 5.97 Å². The first-order chi connectivity index (χ1) is 9.08. The fourth-order valence-corrected chi connectivity index (χ4v) is 1.86. The SMILES string of the molecule is Cc1ccc(/C=C\C(=O)N2CCOC[C@@H]2C(=O)O)o1. The summed E-state index contributed by atoms with van der Waals surface area (Å²) >= 11 is 0. The summed E-state index contributed by atoms with van der Waals surface area (Å²) in [7, 11) is 0. The second-order valence-electron chi connectivity index (χ2n) is 4.24. The van der Waals surface area contributed by atoms with Crippen molar-refractivity contribution in [3.63, 3.8) is 0 Å². The number of aryl methyl sites for hydroxylation is 1. The molecule has 1 aromatic heterocycles. The van der Waals surface area contributed by atoms with E-state index < -0.39 is 12.0 Å². The lowest BCUT2D eigenvalue weighted by atomic mass is 10.2. The van der Waals surface area contributed by atoms with Crippen molar-refractivity contribution in [1.29, 1.82) is 0 Å². The van der Waals surface area contributed by atoms with Gasteiger partial charge in [0.05, 0.1) is 13.2 Å². The molecule has 2 rings (SSSR count). The van der Waals surface area contributed by atoms with Gasteiger partial charge in [-0.15, -0.1) is 0 Å². The summed E-state index contributed by atoms with van der Waals surface area (Å²) in [5.74, 6) is -0.104. The molecule has 1 fully saturated rings. The van der Waals surface area contributed by atoms with E-state index in [4.69, 9.17) is 14.3 Å². The molecule has 1 aliphatic rings. The van der Waals surface area contributed by atoms with Crippen LogP contribution in [0.25, 0.3) is 6.08 Å². The molecule has 1 aromatic rings. The first-order valence-corrected chi connectivity index (χ1v) is 5.93. The van der Waals surface area contributed by atoms with Gasteiger partial charge < -0.3 is 19.2 Å². The van der Waals surface area contributed by atoms with E-state index >= 15 is 0 Å². The number of carboxylic acids is 1. The molecule has 0 bridgehead atoms. The van der Waals surface area contributed by atoms with Crippen LogP contribution in [-0.4, -0.2) is 47.7 Å². The highest BCUT2D eigenvalue weighted by Gasteiger charge is 2.31. The van der Waals surface area contributed by atoms with Gasteiger partial charge in [0.2, 0.25) is 5.91 Å². The zero-order valence-electron chi connectivity index (χ0n) is 10.5. The van der Waals surface area contributed by atoms with Crippen molar-refractivity contribution in [3.8, 4) is 0 Å². The minimum atomic E-state index is -1.06. The Balaban J connectivity index is 2.05. The summed E-state index contributed by atoms with van der Waals surface area (Å²) < 4.78 is 10.4. The predicted molar refractivity (Wildman–Crippen MR) is 66.4 cm³/mol. The smallest absolute Gasteiger partial charge is 0.328 e. The number of hydrogen-bond acceptors (Lipinski definition) is 4. The average Bonchev–Trinajstić information content (AvgIpc) is 2.81. The Hall–Kier alpha value is -2.08. The number of hydrogen-bond donors (Lipinski definition) is 1. The average molecular weight is 265 g/mol. The molecule has 6 heteroatoms. The van der Waals surface area contributed by atoms with Crippen molar-refractivity contribution in [2.24, 2.45) is 0 Å². The number of nitrogens with zero attached hydrogens (tertiary/aromatic N) is 1. The molecule has 0 aliphatic carbocycles. The summed E-state index contributed by atoms with van der Waals surface area (Å²) in [5.41, 5.74) is 0. The number of amides is 1. The van der Waals surface area contributed by atoms with Crippen molar-refractivity contribution in [1.82, 2.24) is 4.90 Å². The van der Waals surface area contributed by atoms with Gasteiger partial charge in [-0.1, -0.05) is 0 Å². The molecule has 0 aromatic carbocycles. The Morgan fingerprint density at radius 2 is 2.26 bits per heavy atom. The van der Waals surface area contributed by atoms with Crippen LogP contribution in [0.4, 0.5) is 0 Å². The van der Waals surface area contributed by atoms with E-state index in [2.05, 4.69) is 0 Å². The Labute approximate surface area is 110 Å². The van der Waals surface area contributed by atoms with Crippen LogP contribution in [-0.2, 0) is 14.3 Å². The number of furan rings is 1. The van der Waals surface area contributed by atoms with Gasteiger partial charge in [-0.3, -0.25) is 4.79 Å². The van der Waals surface area contributed by atoms with Crippen molar-refractivity contribution in [3.05, 3.63) is 29.7 Å². The van der Waals surface area contributed by atoms with Gasteiger partial charge in [0.1, 0.15) is 11.5 Å². The largest absolute Gasteiger partial charge is 0.480 e. The lowest BCUT2D eigenvalue weighted by Gasteiger charge is -2.31. The van der Waals surface area contributed by atoms with E-state index in [1.165, 1.54) is 17.1 Å². The molecular weight excluding hydrogens is 250 g/mol. The highest BCUT2D eigenvalue weighted by Crippen LogP contribution is 2.11. The van der Waals surface area contributed by atoms with Crippen LogP contribution in [0, 0.1) is 6.92 Å². The molecule has 1 atom stereocenters. The van der Waals surface area contributed by atoms with Crippen LogP contribution >= 0.6 is 0 Å². The maximum Gasteiger partial charge on any atom is 0.328 e. The minimum absolute atomic E-state index is 0.0226. The van der Waals surface area contributed by atoms with Crippen LogP contribution < -0.4 is 0 Å². The molecule has 1 amide bonds. The molecule has 1 aliphatic heterocycles. The number of rotatable bonds is 3. The Kier molecular flexibility index (Phi) is 4.01. The number of carbonyl (C=O) groups is 2. The molecule has 2 heterocycles. The molecule has 1 saturated heterocycles. The number of aliphatic carboxylic acids is 1. The van der Waals surface area contributed by atoms with E-state index in [0.29, 0.717) is 12.4 Å². The van der Waals surface area contributed by atoms with Gasteiger partial charge in [-0.05, 0) is 25.1 Å². The third-order valence-corrected chi connectivity index (χ3v) is 2.85. The highest BCUT2D eigenvalue weighted by molar-refractivity contribution is 5.94. The van der Waals surface area contributed by atoms with Crippen molar-refractivity contribution in [2.75, 3.05) is 19.8 Å². The molecule has 1 N–H and O–H groups in total. The minimum Gasteiger partial charge on any atom is -0.480 e. The first-order valence-electron chi connectivity index (χ1n) is 5.93. The fourth-order valence-electron chi connectivity index (χ4n) is 1.86. The van der Waals surface area contributed by atoms with E-state index in [1.54, 1.807) is 12.1 Å². The van der Waals surface area contributed by atoms with E-state index in [9.17, 15) is 9.59 Å². The van der Waals surface area contributed by atoms with Gasteiger partial charge in [0.25, 0.3) is 0 Å². The molecule has 0 unspecified atom stereocenters. The van der Waals surface area contributed by atoms with Crippen molar-refractivity contribution >= 4 is 18.0 Å². The second kappa shape index (κ2) is 5.71. The third kappa shape index (κ3) is 3.23. The van der Waals surface area contributed by atoms with Gasteiger partial charge in [0.15, 0.2) is 6.04 Å². The maximum absolute atomic E-state index is 12.0. The topological polar surface area (TPSA) is 80.0 Å². The summed E-state index contributed by atoms with van der Waals surface area (Å²) in [6.07, 6.45) is 2.85. The van der Waals surface area contributed by atoms with Crippen LogP contribution in [0.2, 0.25) is 0 Å². The summed E-state index contributed by atoms with van der Waals surface area (Å²) in [6.45, 7) is 2.46. The van der Waals surface area contributed by atoms with Gasteiger partial charge in [-0.25, -0.2) is 4.79 Å². The second-order valence-corrected chi connectivity index (χ2v) is 4.24. The van der Waals surface area contributed by atoms with E-state index in [-0.39, 0.29) is 19.1 Å². The summed E-state index contributed by atoms with van der Waals surface area (Å²) in [4.78, 5) is 24.3. The lowest BCUT2D eigenvalue weighted by Crippen LogP contribution is -2.52. The summed E-state index contributed by atoms with van der Waals surface area (Å²) in [6, 6.07) is 2.61. The monoisotopic (exact) mass is 265 g/mol. The standard InChI is InChI=1S/C13H15NO5/c1-9-2-3-10(19-9)4-5-12(15)14-6-7-18-8-11(14)13(16)17/h2-5,11H,6-8H2,1H3,(H,16,17)/b5-4-/t11-/m1/s1. The van der Waals surface area contributed by atoms with Gasteiger partial charge in [-0.2, -0.15) is 0 Å². The highest BCUT2D eigenvalue weighted by atomic mass is 16.5. The molecule has 102 valence electrons. The first kappa shape index (κ1) is 13.4. The molecule has 0 radical (unpaired) electrons. The van der Waals surface area contributed by atoms with Crippen LogP contribution in [0.15, 0.2) is 22.6 Å². The van der Waals surface area contributed by atoms with Crippen molar-refractivity contribution < 1.29 is 23.8 Å². The number of ether oxygens (including phenoxy) is 1. The Bertz CT molecular complexity index is 505. The molecule has 0 spiro atoms. The van der Waals surface area contributed by atoms with Crippen LogP contribution in [0.1, 0.15) is 11.5 Å². The number of carboxylic acid groups (broad SMARTS) is 1. The normalized spacial score (nSPS) is 19.8. The molecule has 19 heavy (non-hydrogen) atoms. The molecule has 0 saturated carbocycles. The summed E-state index contributed by atoms with van der Waals surface area (Å²) in [5, 5.41) is 9.03. The van der Waals surface area contributed by atoms with Gasteiger partial charge in [0, 0.05) is 12.6 Å². The third-order valence-electron chi connectivity index (χ3n) is 2.85. The molecular formula is C13H15NO5. The van der Waals surface area contributed by atoms with Crippen LogP contribution in [0.3, 0.4) is 0 Å². The Morgan fingerprint density at radius 3 is 2.89 bits per heavy atom. The van der Waals surface area contributed by atoms with Crippen molar-refractivity contribution in [2.45, 2.75) is 13.0 Å².